The molecule has 0 aliphatic carbocycles. The Balaban J connectivity index is 1.92. The molecule has 2 aromatic carbocycles. The van der Waals surface area contributed by atoms with E-state index >= 15 is 0 Å². The van der Waals surface area contributed by atoms with Crippen molar-refractivity contribution >= 4 is 28.2 Å². The first-order valence-electron chi connectivity index (χ1n) is 7.43. The molecule has 1 atom stereocenters. The van der Waals surface area contributed by atoms with E-state index in [1.54, 1.807) is 0 Å². The first kappa shape index (κ1) is 13.5. The highest BCUT2D eigenvalue weighted by atomic mass is 35.5. The summed E-state index contributed by atoms with van der Waals surface area (Å²) in [5.74, 6) is 0. The number of aromatic nitrogens is 1. The Morgan fingerprint density at radius 2 is 1.95 bits per heavy atom. The first-order valence-corrected chi connectivity index (χ1v) is 7.81. The predicted octanol–water partition coefficient (Wildman–Crippen LogP) is 4.67. The van der Waals surface area contributed by atoms with E-state index in [-0.39, 0.29) is 6.04 Å². The van der Waals surface area contributed by atoms with Crippen molar-refractivity contribution < 1.29 is 0 Å². The van der Waals surface area contributed by atoms with Crippen molar-refractivity contribution in [1.82, 2.24) is 4.98 Å². The molecule has 1 aliphatic heterocycles. The molecule has 0 fully saturated rings. The maximum atomic E-state index is 6.38. The fourth-order valence-corrected chi connectivity index (χ4v) is 3.30. The molecule has 1 aliphatic rings. The smallest absolute Gasteiger partial charge is 0.0741 e. The second kappa shape index (κ2) is 5.22. The molecule has 1 aromatic heterocycles. The molecule has 3 aromatic rings. The molecule has 0 N–H and O–H groups in total. The summed E-state index contributed by atoms with van der Waals surface area (Å²) in [6, 6.07) is 16.6. The van der Waals surface area contributed by atoms with Crippen LogP contribution in [-0.4, -0.2) is 16.7 Å². The summed E-state index contributed by atoms with van der Waals surface area (Å²) in [5.41, 5.74) is 5.36. The number of rotatable bonds is 1. The third-order valence-electron chi connectivity index (χ3n) is 4.09. The van der Waals surface area contributed by atoms with Crippen molar-refractivity contribution in [2.75, 3.05) is 0 Å². The minimum Gasteiger partial charge on any atom is -0.281 e. The predicted molar refractivity (Wildman–Crippen MR) is 92.0 cm³/mol. The second-order valence-electron chi connectivity index (χ2n) is 5.71. The van der Waals surface area contributed by atoms with Gasteiger partial charge in [-0.2, -0.15) is 0 Å². The molecular formula is C19H15ClN2. The topological polar surface area (TPSA) is 25.2 Å². The van der Waals surface area contributed by atoms with E-state index < -0.39 is 0 Å². The standard InChI is InChI=1S/C19H15ClN2/c1-12-9-16-15(6-4-7-17(16)20)19(22-12)14-10-13-5-2-3-8-18(13)21-11-14/h2-8,10-12H,9H2,1H3. The van der Waals surface area contributed by atoms with Gasteiger partial charge < -0.3 is 0 Å². The molecule has 3 heteroatoms. The van der Waals surface area contributed by atoms with Crippen LogP contribution >= 0.6 is 11.6 Å². The summed E-state index contributed by atoms with van der Waals surface area (Å²) in [4.78, 5) is 9.42. The molecule has 0 saturated heterocycles. The highest BCUT2D eigenvalue weighted by Gasteiger charge is 2.21. The number of benzene rings is 2. The molecule has 0 bridgehead atoms. The Labute approximate surface area is 134 Å². The number of hydrogen-bond donors (Lipinski definition) is 0. The van der Waals surface area contributed by atoms with Gasteiger partial charge in [0.05, 0.1) is 17.3 Å². The Kier molecular flexibility index (Phi) is 3.20. The molecule has 0 radical (unpaired) electrons. The molecule has 22 heavy (non-hydrogen) atoms. The first-order chi connectivity index (χ1) is 10.7. The summed E-state index contributed by atoms with van der Waals surface area (Å²) in [5, 5.41) is 1.95. The molecule has 0 spiro atoms. The second-order valence-corrected chi connectivity index (χ2v) is 6.12. The maximum Gasteiger partial charge on any atom is 0.0741 e. The van der Waals surface area contributed by atoms with Gasteiger partial charge in [0.25, 0.3) is 0 Å². The maximum absolute atomic E-state index is 6.38. The molecule has 4 rings (SSSR count). The van der Waals surface area contributed by atoms with E-state index in [0.717, 1.165) is 39.2 Å². The van der Waals surface area contributed by atoms with Crippen molar-refractivity contribution in [2.45, 2.75) is 19.4 Å². The zero-order valence-corrected chi connectivity index (χ0v) is 13.0. The van der Waals surface area contributed by atoms with Gasteiger partial charge in [-0.05, 0) is 37.1 Å². The average Bonchev–Trinajstić information content (AvgIpc) is 2.55. The van der Waals surface area contributed by atoms with Gasteiger partial charge in [0.2, 0.25) is 0 Å². The minimum atomic E-state index is 0.230. The van der Waals surface area contributed by atoms with Crippen LogP contribution in [0.15, 0.2) is 59.7 Å². The fraction of sp³-hybridized carbons (Fsp3) is 0.158. The number of aliphatic imine (C=N–C) groups is 1. The number of nitrogens with zero attached hydrogens (tertiary/aromatic N) is 2. The van der Waals surface area contributed by atoms with Gasteiger partial charge >= 0.3 is 0 Å². The highest BCUT2D eigenvalue weighted by molar-refractivity contribution is 6.32. The van der Waals surface area contributed by atoms with Crippen LogP contribution < -0.4 is 0 Å². The SMILES string of the molecule is CC1Cc2c(Cl)cccc2C(c2cnc3ccccc3c2)=N1. The van der Waals surface area contributed by atoms with Crippen molar-refractivity contribution in [2.24, 2.45) is 4.99 Å². The summed E-state index contributed by atoms with van der Waals surface area (Å²) in [6.45, 7) is 2.13. The van der Waals surface area contributed by atoms with Gasteiger partial charge in [0.1, 0.15) is 0 Å². The van der Waals surface area contributed by atoms with Crippen molar-refractivity contribution in [3.8, 4) is 0 Å². The quantitative estimate of drug-likeness (QED) is 0.641. The van der Waals surface area contributed by atoms with Crippen molar-refractivity contribution in [3.05, 3.63) is 76.4 Å². The van der Waals surface area contributed by atoms with Crippen molar-refractivity contribution in [1.29, 1.82) is 0 Å². The number of pyridine rings is 1. The van der Waals surface area contributed by atoms with Gasteiger partial charge in [-0.3, -0.25) is 9.98 Å². The molecule has 108 valence electrons. The van der Waals surface area contributed by atoms with Crippen LogP contribution in [0.4, 0.5) is 0 Å². The van der Waals surface area contributed by atoms with Crippen LogP contribution in [0.5, 0.6) is 0 Å². The molecular weight excluding hydrogens is 292 g/mol. The Morgan fingerprint density at radius 1 is 1.09 bits per heavy atom. The lowest BCUT2D eigenvalue weighted by atomic mass is 9.91. The Morgan fingerprint density at radius 3 is 2.86 bits per heavy atom. The minimum absolute atomic E-state index is 0.230. The number of para-hydroxylation sites is 1. The van der Waals surface area contributed by atoms with Crippen LogP contribution in [-0.2, 0) is 6.42 Å². The lowest BCUT2D eigenvalue weighted by Gasteiger charge is -2.22. The lowest BCUT2D eigenvalue weighted by molar-refractivity contribution is 0.728. The van der Waals surface area contributed by atoms with E-state index in [4.69, 9.17) is 16.6 Å². The van der Waals surface area contributed by atoms with E-state index in [0.29, 0.717) is 0 Å². The summed E-state index contributed by atoms with van der Waals surface area (Å²) in [6.07, 6.45) is 2.80. The van der Waals surface area contributed by atoms with Crippen LogP contribution in [0.3, 0.4) is 0 Å². The number of hydrogen-bond acceptors (Lipinski definition) is 2. The van der Waals surface area contributed by atoms with E-state index in [1.165, 1.54) is 5.56 Å². The van der Waals surface area contributed by atoms with E-state index in [1.807, 2.05) is 36.5 Å². The zero-order valence-electron chi connectivity index (χ0n) is 12.3. The summed E-state index contributed by atoms with van der Waals surface area (Å²) >= 11 is 6.38. The largest absolute Gasteiger partial charge is 0.281 e. The van der Waals surface area contributed by atoms with E-state index in [9.17, 15) is 0 Å². The summed E-state index contributed by atoms with van der Waals surface area (Å²) in [7, 11) is 0. The molecule has 0 saturated carbocycles. The van der Waals surface area contributed by atoms with Gasteiger partial charge in [0.15, 0.2) is 0 Å². The molecule has 1 unspecified atom stereocenters. The Hall–Kier alpha value is -2.19. The Bertz CT molecular complexity index is 899. The zero-order chi connectivity index (χ0) is 15.1. The normalized spacial score (nSPS) is 17.2. The van der Waals surface area contributed by atoms with Crippen LogP contribution in [0.1, 0.15) is 23.6 Å². The van der Waals surface area contributed by atoms with Gasteiger partial charge in [0, 0.05) is 27.7 Å². The third-order valence-corrected chi connectivity index (χ3v) is 4.44. The molecule has 2 heterocycles. The van der Waals surface area contributed by atoms with Crippen LogP contribution in [0, 0.1) is 0 Å². The lowest BCUT2D eigenvalue weighted by Crippen LogP contribution is -2.20. The average molecular weight is 307 g/mol. The molecule has 0 amide bonds. The molecule has 2 nitrogen and oxygen atoms in total. The third kappa shape index (κ3) is 2.20. The highest BCUT2D eigenvalue weighted by Crippen LogP contribution is 2.29. The van der Waals surface area contributed by atoms with Gasteiger partial charge in [-0.25, -0.2) is 0 Å². The van der Waals surface area contributed by atoms with Gasteiger partial charge in [-0.1, -0.05) is 41.9 Å². The summed E-state index contributed by atoms with van der Waals surface area (Å²) < 4.78 is 0. The number of halogens is 1. The monoisotopic (exact) mass is 306 g/mol. The van der Waals surface area contributed by atoms with Crippen LogP contribution in [0.25, 0.3) is 10.9 Å². The van der Waals surface area contributed by atoms with Crippen LogP contribution in [0.2, 0.25) is 5.02 Å². The number of fused-ring (bicyclic) bond motifs is 2. The van der Waals surface area contributed by atoms with E-state index in [2.05, 4.69) is 30.1 Å². The fourth-order valence-electron chi connectivity index (χ4n) is 3.05. The van der Waals surface area contributed by atoms with Gasteiger partial charge in [-0.15, -0.1) is 0 Å². The van der Waals surface area contributed by atoms with Crippen molar-refractivity contribution in [3.63, 3.8) is 0 Å².